The number of benzene rings is 3. The van der Waals surface area contributed by atoms with Crippen LogP contribution in [0, 0.1) is 16.7 Å². The molecule has 2 aliphatic rings. The normalized spacial score (nSPS) is 24.8. The maximum absolute atomic E-state index is 13.1. The van der Waals surface area contributed by atoms with Crippen molar-refractivity contribution in [2.75, 3.05) is 0 Å². The summed E-state index contributed by atoms with van der Waals surface area (Å²) < 4.78 is 0. The topological polar surface area (TPSA) is 34.1 Å². The largest absolute Gasteiger partial charge is 0.299 e. The first-order valence-electron chi connectivity index (χ1n) is 11.3. The van der Waals surface area contributed by atoms with Crippen molar-refractivity contribution in [1.29, 1.82) is 0 Å². The molecule has 2 heteroatoms. The van der Waals surface area contributed by atoms with Crippen molar-refractivity contribution in [2.45, 2.75) is 33.6 Å². The molecule has 0 N–H and O–H groups in total. The third-order valence-corrected chi connectivity index (χ3v) is 8.08. The summed E-state index contributed by atoms with van der Waals surface area (Å²) in [6.07, 6.45) is 3.80. The van der Waals surface area contributed by atoms with Crippen molar-refractivity contribution in [2.24, 2.45) is 16.7 Å². The van der Waals surface area contributed by atoms with Crippen molar-refractivity contribution in [1.82, 2.24) is 0 Å². The van der Waals surface area contributed by atoms with E-state index in [9.17, 15) is 9.59 Å². The van der Waals surface area contributed by atoms with Gasteiger partial charge in [0.05, 0.1) is 0 Å². The van der Waals surface area contributed by atoms with E-state index in [4.69, 9.17) is 0 Å². The highest BCUT2D eigenvalue weighted by molar-refractivity contribution is 6.12. The van der Waals surface area contributed by atoms with Crippen LogP contribution in [-0.2, 0) is 4.79 Å². The molecule has 2 aliphatic carbocycles. The lowest BCUT2D eigenvalue weighted by Crippen LogP contribution is -2.32. The number of ketones is 2. The second-order valence-corrected chi connectivity index (χ2v) is 9.99. The fourth-order valence-electron chi connectivity index (χ4n) is 5.66. The molecular weight excluding hydrogens is 392 g/mol. The molecule has 3 aromatic rings. The van der Waals surface area contributed by atoms with Crippen LogP contribution in [0.1, 0.15) is 55.1 Å². The second kappa shape index (κ2) is 7.41. The van der Waals surface area contributed by atoms with Crippen LogP contribution in [0.2, 0.25) is 0 Å². The van der Waals surface area contributed by atoms with Gasteiger partial charge in [-0.2, -0.15) is 0 Å². The van der Waals surface area contributed by atoms with Crippen molar-refractivity contribution in [3.63, 3.8) is 0 Å². The number of carbonyl (C=O) groups is 2. The Kier molecular flexibility index (Phi) is 4.78. The number of fused-ring (bicyclic) bond motifs is 2. The van der Waals surface area contributed by atoms with Crippen LogP contribution in [0.5, 0.6) is 0 Å². The zero-order chi connectivity index (χ0) is 22.5. The second-order valence-electron chi connectivity index (χ2n) is 9.99. The van der Waals surface area contributed by atoms with E-state index in [1.807, 2.05) is 54.6 Å². The molecule has 2 bridgehead atoms. The van der Waals surface area contributed by atoms with E-state index in [0.29, 0.717) is 29.2 Å². The smallest absolute Gasteiger partial charge is 0.193 e. The molecule has 2 saturated carbocycles. The van der Waals surface area contributed by atoms with Crippen LogP contribution >= 0.6 is 0 Å². The molecule has 0 radical (unpaired) electrons. The summed E-state index contributed by atoms with van der Waals surface area (Å²) >= 11 is 0. The number of Topliss-reactive ketones (excluding diaryl/α,β-unsaturated/α-hetero) is 1. The van der Waals surface area contributed by atoms with Crippen LogP contribution < -0.4 is 0 Å². The van der Waals surface area contributed by atoms with Gasteiger partial charge in [0.2, 0.25) is 0 Å². The van der Waals surface area contributed by atoms with Crippen molar-refractivity contribution < 1.29 is 9.59 Å². The Morgan fingerprint density at radius 2 is 1.53 bits per heavy atom. The molecule has 5 rings (SSSR count). The van der Waals surface area contributed by atoms with Gasteiger partial charge in [-0.15, -0.1) is 0 Å². The van der Waals surface area contributed by atoms with Gasteiger partial charge < -0.3 is 0 Å². The lowest BCUT2D eigenvalue weighted by atomic mass is 9.70. The van der Waals surface area contributed by atoms with E-state index in [-0.39, 0.29) is 16.6 Å². The van der Waals surface area contributed by atoms with E-state index in [1.165, 1.54) is 5.57 Å². The lowest BCUT2D eigenvalue weighted by Gasteiger charge is -2.31. The summed E-state index contributed by atoms with van der Waals surface area (Å²) in [5, 5.41) is 0. The first-order valence-corrected chi connectivity index (χ1v) is 11.3. The van der Waals surface area contributed by atoms with E-state index in [0.717, 1.165) is 23.1 Å². The van der Waals surface area contributed by atoms with Crippen LogP contribution in [-0.4, -0.2) is 11.6 Å². The molecular formula is C30H28O2. The minimum Gasteiger partial charge on any atom is -0.299 e. The Hall–Kier alpha value is -3.26. The summed E-state index contributed by atoms with van der Waals surface area (Å²) in [6, 6.07) is 25.6. The molecule has 2 nitrogen and oxygen atoms in total. The molecule has 160 valence electrons. The minimum absolute atomic E-state index is 0.0204. The van der Waals surface area contributed by atoms with E-state index < -0.39 is 0 Å². The SMILES string of the molecule is CC12C/C(=C\c3ccc(-c4ccccc4C(=O)c4ccccc4)cc3)C(CC1=O)C2(C)C. The third kappa shape index (κ3) is 3.09. The average molecular weight is 421 g/mol. The minimum atomic E-state index is -0.236. The van der Waals surface area contributed by atoms with Crippen LogP contribution in [0.3, 0.4) is 0 Å². The molecule has 0 saturated heterocycles. The molecule has 0 heterocycles. The van der Waals surface area contributed by atoms with Crippen molar-refractivity contribution in [3.05, 3.63) is 101 Å². The Bertz CT molecular complexity index is 1230. The van der Waals surface area contributed by atoms with E-state index in [1.54, 1.807) is 0 Å². The van der Waals surface area contributed by atoms with Gasteiger partial charge in [-0.25, -0.2) is 0 Å². The highest BCUT2D eigenvalue weighted by Gasteiger charge is 2.63. The molecule has 0 amide bonds. The van der Waals surface area contributed by atoms with E-state index >= 15 is 0 Å². The van der Waals surface area contributed by atoms with Gasteiger partial charge in [-0.05, 0) is 34.4 Å². The molecule has 3 aromatic carbocycles. The Labute approximate surface area is 190 Å². The Balaban J connectivity index is 1.45. The van der Waals surface area contributed by atoms with Gasteiger partial charge in [0.15, 0.2) is 5.78 Å². The fraction of sp³-hybridized carbons (Fsp3) is 0.267. The number of hydrogen-bond donors (Lipinski definition) is 0. The van der Waals surface area contributed by atoms with E-state index in [2.05, 4.69) is 51.1 Å². The standard InChI is InChI=1S/C30H28O2/c1-29(2)26-18-27(31)30(29,3)19-23(26)17-20-13-15-21(16-14-20)24-11-7-8-12-25(24)28(32)22-9-5-4-6-10-22/h4-17,26H,18-19H2,1-3H3/b23-17+. The molecule has 32 heavy (non-hydrogen) atoms. The van der Waals surface area contributed by atoms with Crippen molar-refractivity contribution >= 4 is 17.6 Å². The maximum atomic E-state index is 13.1. The van der Waals surface area contributed by atoms with Gasteiger partial charge in [-0.1, -0.05) is 111 Å². The predicted octanol–water partition coefficient (Wildman–Crippen LogP) is 6.99. The summed E-state index contributed by atoms with van der Waals surface area (Å²) in [6.45, 7) is 6.63. The fourth-order valence-corrected chi connectivity index (χ4v) is 5.66. The summed E-state index contributed by atoms with van der Waals surface area (Å²) in [4.78, 5) is 25.6. The molecule has 2 fully saturated rings. The van der Waals surface area contributed by atoms with Crippen LogP contribution in [0.25, 0.3) is 17.2 Å². The molecule has 0 aliphatic heterocycles. The number of carbonyl (C=O) groups excluding carboxylic acids is 2. The zero-order valence-electron chi connectivity index (χ0n) is 18.9. The number of allylic oxidation sites excluding steroid dienone is 1. The summed E-state index contributed by atoms with van der Waals surface area (Å²) in [5.74, 6) is 0.790. The Morgan fingerprint density at radius 3 is 2.16 bits per heavy atom. The molecule has 2 atom stereocenters. The lowest BCUT2D eigenvalue weighted by molar-refractivity contribution is -0.127. The number of hydrogen-bond acceptors (Lipinski definition) is 2. The van der Waals surface area contributed by atoms with Gasteiger partial charge in [0.25, 0.3) is 0 Å². The van der Waals surface area contributed by atoms with Crippen LogP contribution in [0.15, 0.2) is 84.4 Å². The first-order chi connectivity index (χ1) is 15.3. The monoisotopic (exact) mass is 420 g/mol. The third-order valence-electron chi connectivity index (χ3n) is 8.08. The van der Waals surface area contributed by atoms with Crippen LogP contribution in [0.4, 0.5) is 0 Å². The predicted molar refractivity (Wildman–Crippen MR) is 129 cm³/mol. The van der Waals surface area contributed by atoms with Gasteiger partial charge in [0, 0.05) is 23.0 Å². The highest BCUT2D eigenvalue weighted by Crippen LogP contribution is 2.66. The van der Waals surface area contributed by atoms with Gasteiger partial charge >= 0.3 is 0 Å². The maximum Gasteiger partial charge on any atom is 0.193 e. The molecule has 2 unspecified atom stereocenters. The zero-order valence-corrected chi connectivity index (χ0v) is 18.9. The average Bonchev–Trinajstić information content (AvgIpc) is 3.10. The quantitative estimate of drug-likeness (QED) is 0.426. The molecule has 0 aromatic heterocycles. The summed E-state index contributed by atoms with van der Waals surface area (Å²) in [7, 11) is 0. The van der Waals surface area contributed by atoms with Gasteiger partial charge in [0.1, 0.15) is 5.78 Å². The first kappa shape index (κ1) is 20.6. The molecule has 0 spiro atoms. The highest BCUT2D eigenvalue weighted by atomic mass is 16.1. The number of rotatable bonds is 4. The van der Waals surface area contributed by atoms with Gasteiger partial charge in [-0.3, -0.25) is 9.59 Å². The Morgan fingerprint density at radius 1 is 0.875 bits per heavy atom. The van der Waals surface area contributed by atoms with Crippen molar-refractivity contribution in [3.8, 4) is 11.1 Å². The summed E-state index contributed by atoms with van der Waals surface area (Å²) in [5.41, 5.74) is 5.71.